The zero-order valence-electron chi connectivity index (χ0n) is 16.0. The van der Waals surface area contributed by atoms with Crippen molar-refractivity contribution >= 4 is 26.6 Å². The number of nitrogens with two attached hydrogens (primary N) is 1. The van der Waals surface area contributed by atoms with Crippen LogP contribution in [0.5, 0.6) is 0 Å². The van der Waals surface area contributed by atoms with Crippen molar-refractivity contribution in [3.05, 3.63) is 78.6 Å². The standard InChI is InChI=1S/C22H18N4O3S/c1-30(28,29)17-8-6-15(7-9-17)14-2-4-16(5-3-14)21-12-18(22(27)26-23)19-13-24-11-10-20(19)25-21/h2-13H,23H2,1H3,(H,26,27). The number of hydrazine groups is 1. The van der Waals surface area contributed by atoms with E-state index >= 15 is 0 Å². The average Bonchev–Trinajstić information content (AvgIpc) is 2.77. The molecule has 2 aromatic carbocycles. The lowest BCUT2D eigenvalue weighted by Crippen LogP contribution is -2.30. The van der Waals surface area contributed by atoms with E-state index in [4.69, 9.17) is 5.84 Å². The summed E-state index contributed by atoms with van der Waals surface area (Å²) in [5, 5.41) is 0.617. The highest BCUT2D eigenvalue weighted by atomic mass is 32.2. The van der Waals surface area contributed by atoms with Gasteiger partial charge in [0, 0.05) is 29.6 Å². The van der Waals surface area contributed by atoms with Crippen molar-refractivity contribution in [1.29, 1.82) is 0 Å². The van der Waals surface area contributed by atoms with Crippen LogP contribution in [0.15, 0.2) is 78.0 Å². The topological polar surface area (TPSA) is 115 Å². The van der Waals surface area contributed by atoms with Gasteiger partial charge in [0.05, 0.1) is 21.7 Å². The molecule has 2 heterocycles. The van der Waals surface area contributed by atoms with Crippen molar-refractivity contribution < 1.29 is 13.2 Å². The van der Waals surface area contributed by atoms with Gasteiger partial charge in [-0.1, -0.05) is 36.4 Å². The number of pyridine rings is 2. The first-order valence-corrected chi connectivity index (χ1v) is 10.9. The number of benzene rings is 2. The van der Waals surface area contributed by atoms with Crippen LogP contribution < -0.4 is 11.3 Å². The number of rotatable bonds is 4. The van der Waals surface area contributed by atoms with Crippen LogP contribution >= 0.6 is 0 Å². The third-order valence-corrected chi connectivity index (χ3v) is 5.91. The monoisotopic (exact) mass is 418 g/mol. The molecule has 4 rings (SSSR count). The molecular formula is C22H18N4O3S. The highest BCUT2D eigenvalue weighted by Crippen LogP contribution is 2.27. The lowest BCUT2D eigenvalue weighted by atomic mass is 10.0. The van der Waals surface area contributed by atoms with Crippen molar-refractivity contribution in [2.45, 2.75) is 4.90 Å². The number of carbonyl (C=O) groups is 1. The molecule has 4 aromatic rings. The van der Waals surface area contributed by atoms with Crippen LogP contribution in [0.2, 0.25) is 0 Å². The van der Waals surface area contributed by atoms with Gasteiger partial charge in [0.2, 0.25) is 0 Å². The molecule has 8 heteroatoms. The minimum Gasteiger partial charge on any atom is -0.290 e. The molecule has 0 radical (unpaired) electrons. The number of aromatic nitrogens is 2. The van der Waals surface area contributed by atoms with E-state index < -0.39 is 15.7 Å². The van der Waals surface area contributed by atoms with E-state index in [1.807, 2.05) is 24.3 Å². The summed E-state index contributed by atoms with van der Waals surface area (Å²) in [6.07, 6.45) is 4.38. The van der Waals surface area contributed by atoms with Gasteiger partial charge in [-0.15, -0.1) is 0 Å². The predicted molar refractivity (Wildman–Crippen MR) is 115 cm³/mol. The van der Waals surface area contributed by atoms with Crippen LogP contribution in [0.1, 0.15) is 10.4 Å². The summed E-state index contributed by atoms with van der Waals surface area (Å²) in [4.78, 5) is 21.2. The number of amides is 1. The molecule has 0 saturated heterocycles. The fourth-order valence-electron chi connectivity index (χ4n) is 3.21. The number of nitrogens with one attached hydrogen (secondary N) is 1. The SMILES string of the molecule is CS(=O)(=O)c1ccc(-c2ccc(-c3cc(C(=O)NN)c4cnccc4n3)cc2)cc1. The molecule has 7 nitrogen and oxygen atoms in total. The predicted octanol–water partition coefficient (Wildman–Crippen LogP) is 2.97. The molecule has 0 atom stereocenters. The Kier molecular flexibility index (Phi) is 5.03. The second-order valence-electron chi connectivity index (χ2n) is 6.80. The second-order valence-corrected chi connectivity index (χ2v) is 8.81. The van der Waals surface area contributed by atoms with Gasteiger partial charge in [-0.25, -0.2) is 19.2 Å². The molecule has 0 aliphatic rings. The van der Waals surface area contributed by atoms with Crippen LogP contribution in [0.3, 0.4) is 0 Å². The van der Waals surface area contributed by atoms with Crippen LogP contribution in [-0.2, 0) is 9.84 Å². The van der Waals surface area contributed by atoms with Gasteiger partial charge in [0.15, 0.2) is 9.84 Å². The van der Waals surface area contributed by atoms with Gasteiger partial charge in [-0.05, 0) is 35.4 Å². The molecule has 0 fully saturated rings. The molecule has 0 aliphatic carbocycles. The summed E-state index contributed by atoms with van der Waals surface area (Å²) in [7, 11) is -3.23. The molecule has 0 bridgehead atoms. The zero-order valence-corrected chi connectivity index (χ0v) is 16.8. The maximum Gasteiger partial charge on any atom is 0.265 e. The Morgan fingerprint density at radius 3 is 2.13 bits per heavy atom. The lowest BCUT2D eigenvalue weighted by Gasteiger charge is -2.09. The first-order valence-electron chi connectivity index (χ1n) is 9.03. The molecular weight excluding hydrogens is 400 g/mol. The number of nitrogens with zero attached hydrogens (tertiary/aromatic N) is 2. The van der Waals surface area contributed by atoms with Crippen molar-refractivity contribution in [2.75, 3.05) is 6.26 Å². The Bertz CT molecular complexity index is 1350. The van der Waals surface area contributed by atoms with E-state index in [1.54, 1.807) is 48.8 Å². The molecule has 0 aliphatic heterocycles. The number of nitrogen functional groups attached to an aromatic ring is 1. The van der Waals surface area contributed by atoms with Crippen LogP contribution in [0.25, 0.3) is 33.3 Å². The van der Waals surface area contributed by atoms with E-state index in [2.05, 4.69) is 15.4 Å². The van der Waals surface area contributed by atoms with Crippen molar-refractivity contribution in [3.63, 3.8) is 0 Å². The normalized spacial score (nSPS) is 11.4. The summed E-state index contributed by atoms with van der Waals surface area (Å²) in [6.45, 7) is 0. The van der Waals surface area contributed by atoms with Gasteiger partial charge in [0.1, 0.15) is 0 Å². The Morgan fingerprint density at radius 1 is 0.933 bits per heavy atom. The highest BCUT2D eigenvalue weighted by Gasteiger charge is 2.13. The Hall–Kier alpha value is -3.62. The Labute approximate surface area is 173 Å². The van der Waals surface area contributed by atoms with Gasteiger partial charge < -0.3 is 0 Å². The minimum absolute atomic E-state index is 0.281. The second kappa shape index (κ2) is 7.66. The fraction of sp³-hybridized carbons (Fsp3) is 0.0455. The number of hydrogen-bond donors (Lipinski definition) is 2. The minimum atomic E-state index is -3.23. The van der Waals surface area contributed by atoms with Crippen molar-refractivity contribution in [3.8, 4) is 22.4 Å². The quantitative estimate of drug-likeness (QED) is 0.299. The Balaban J connectivity index is 1.72. The number of sulfone groups is 1. The summed E-state index contributed by atoms with van der Waals surface area (Å²) >= 11 is 0. The molecule has 3 N–H and O–H groups in total. The zero-order chi connectivity index (χ0) is 21.3. The van der Waals surface area contributed by atoms with Gasteiger partial charge in [-0.3, -0.25) is 15.2 Å². The summed E-state index contributed by atoms with van der Waals surface area (Å²) in [6, 6.07) is 17.8. The third-order valence-electron chi connectivity index (χ3n) is 4.78. The van der Waals surface area contributed by atoms with Crippen LogP contribution in [0, 0.1) is 0 Å². The van der Waals surface area contributed by atoms with E-state index in [0.717, 1.165) is 16.7 Å². The Morgan fingerprint density at radius 2 is 1.53 bits per heavy atom. The summed E-state index contributed by atoms with van der Waals surface area (Å²) in [5.41, 5.74) is 6.49. The molecule has 30 heavy (non-hydrogen) atoms. The van der Waals surface area contributed by atoms with E-state index in [9.17, 15) is 13.2 Å². The molecule has 0 saturated carbocycles. The summed E-state index contributed by atoms with van der Waals surface area (Å²) in [5.74, 6) is 4.91. The third kappa shape index (κ3) is 3.78. The van der Waals surface area contributed by atoms with Crippen molar-refractivity contribution in [1.82, 2.24) is 15.4 Å². The van der Waals surface area contributed by atoms with Crippen LogP contribution in [0.4, 0.5) is 0 Å². The van der Waals surface area contributed by atoms with E-state index in [0.29, 0.717) is 22.2 Å². The smallest absolute Gasteiger partial charge is 0.265 e. The number of hydrogen-bond acceptors (Lipinski definition) is 6. The van der Waals surface area contributed by atoms with Crippen molar-refractivity contribution in [2.24, 2.45) is 5.84 Å². The van der Waals surface area contributed by atoms with Gasteiger partial charge >= 0.3 is 0 Å². The van der Waals surface area contributed by atoms with E-state index in [-0.39, 0.29) is 4.90 Å². The van der Waals surface area contributed by atoms with Crippen LogP contribution in [-0.4, -0.2) is 30.5 Å². The number of fused-ring (bicyclic) bond motifs is 1. The molecule has 1 amide bonds. The summed E-state index contributed by atoms with van der Waals surface area (Å²) < 4.78 is 23.3. The largest absolute Gasteiger partial charge is 0.290 e. The molecule has 2 aromatic heterocycles. The molecule has 150 valence electrons. The maximum absolute atomic E-state index is 12.2. The van der Waals surface area contributed by atoms with Gasteiger partial charge in [-0.2, -0.15) is 0 Å². The maximum atomic E-state index is 12.2. The molecule has 0 unspecified atom stereocenters. The number of carbonyl (C=O) groups excluding carboxylic acids is 1. The van der Waals surface area contributed by atoms with Gasteiger partial charge in [0.25, 0.3) is 5.91 Å². The lowest BCUT2D eigenvalue weighted by molar-refractivity contribution is 0.0955. The average molecular weight is 418 g/mol. The highest BCUT2D eigenvalue weighted by molar-refractivity contribution is 7.90. The van der Waals surface area contributed by atoms with E-state index in [1.165, 1.54) is 6.26 Å². The first kappa shape index (κ1) is 19.7. The fourth-order valence-corrected chi connectivity index (χ4v) is 3.84. The first-order chi connectivity index (χ1) is 14.4. The molecule has 0 spiro atoms.